The number of carbonyl (C=O) groups excluding carboxylic acids is 1. The van der Waals surface area contributed by atoms with E-state index < -0.39 is 0 Å². The van der Waals surface area contributed by atoms with E-state index in [1.54, 1.807) is 6.26 Å². The predicted molar refractivity (Wildman–Crippen MR) is 100 cm³/mol. The molecule has 124 valence electrons. The highest BCUT2D eigenvalue weighted by atomic mass is 79.9. The monoisotopic (exact) mass is 397 g/mol. The van der Waals surface area contributed by atoms with Gasteiger partial charge in [-0.1, -0.05) is 30.3 Å². The quantitative estimate of drug-likeness (QED) is 0.483. The second kappa shape index (κ2) is 6.33. The van der Waals surface area contributed by atoms with Crippen molar-refractivity contribution in [2.75, 3.05) is 5.32 Å². The highest BCUT2D eigenvalue weighted by Crippen LogP contribution is 2.30. The molecule has 0 aliphatic carbocycles. The smallest absolute Gasteiger partial charge is 0.228 e. The first-order chi connectivity index (χ1) is 12.1. The molecule has 0 unspecified atom stereocenters. The number of fused-ring (bicyclic) bond motifs is 3. The number of benzene rings is 3. The largest absolute Gasteiger partial charge is 0.464 e. The van der Waals surface area contributed by atoms with Gasteiger partial charge in [-0.3, -0.25) is 4.79 Å². The van der Waals surface area contributed by atoms with Gasteiger partial charge < -0.3 is 9.73 Å². The zero-order chi connectivity index (χ0) is 17.4. The average molecular weight is 398 g/mol. The lowest BCUT2D eigenvalue weighted by Crippen LogP contribution is -2.14. The SMILES string of the molecule is O=C(Cc1coc2ccc3ccccc3c12)Nc1ccc(F)cc1Br. The molecule has 1 N–H and O–H groups in total. The normalized spacial score (nSPS) is 11.1. The second-order valence-corrected chi connectivity index (χ2v) is 6.62. The third-order valence-electron chi connectivity index (χ3n) is 4.10. The van der Waals surface area contributed by atoms with Crippen molar-refractivity contribution >= 4 is 49.3 Å². The Hall–Kier alpha value is -2.66. The van der Waals surface area contributed by atoms with Gasteiger partial charge in [-0.05, 0) is 51.0 Å². The molecule has 0 saturated heterocycles. The Balaban J connectivity index is 1.66. The summed E-state index contributed by atoms with van der Waals surface area (Å²) in [4.78, 5) is 12.4. The van der Waals surface area contributed by atoms with Gasteiger partial charge in [-0.15, -0.1) is 0 Å². The van der Waals surface area contributed by atoms with Gasteiger partial charge in [-0.25, -0.2) is 4.39 Å². The Morgan fingerprint density at radius 2 is 1.96 bits per heavy atom. The molecule has 4 aromatic rings. The maximum Gasteiger partial charge on any atom is 0.228 e. The van der Waals surface area contributed by atoms with Crippen molar-refractivity contribution in [3.05, 3.63) is 76.7 Å². The van der Waals surface area contributed by atoms with Gasteiger partial charge in [0.2, 0.25) is 5.91 Å². The number of carbonyl (C=O) groups is 1. The number of furan rings is 1. The third-order valence-corrected chi connectivity index (χ3v) is 4.75. The molecule has 0 aliphatic rings. The molecule has 25 heavy (non-hydrogen) atoms. The van der Waals surface area contributed by atoms with Gasteiger partial charge in [0.15, 0.2) is 0 Å². The molecule has 3 nitrogen and oxygen atoms in total. The van der Waals surface area contributed by atoms with Gasteiger partial charge in [0.1, 0.15) is 11.4 Å². The second-order valence-electron chi connectivity index (χ2n) is 5.77. The van der Waals surface area contributed by atoms with Crippen LogP contribution < -0.4 is 5.32 Å². The highest BCUT2D eigenvalue weighted by Gasteiger charge is 2.14. The fraction of sp³-hybridized carbons (Fsp3) is 0.0500. The summed E-state index contributed by atoms with van der Waals surface area (Å²) in [6, 6.07) is 16.1. The summed E-state index contributed by atoms with van der Waals surface area (Å²) in [5.74, 6) is -0.555. The number of rotatable bonds is 3. The van der Waals surface area contributed by atoms with E-state index in [0.717, 1.165) is 27.3 Å². The topological polar surface area (TPSA) is 42.2 Å². The Kier molecular flexibility index (Phi) is 4.01. The van der Waals surface area contributed by atoms with E-state index >= 15 is 0 Å². The summed E-state index contributed by atoms with van der Waals surface area (Å²) < 4.78 is 19.3. The summed E-state index contributed by atoms with van der Waals surface area (Å²) >= 11 is 3.25. The molecule has 0 saturated carbocycles. The molecule has 0 radical (unpaired) electrons. The minimum absolute atomic E-state index is 0.171. The van der Waals surface area contributed by atoms with E-state index in [9.17, 15) is 9.18 Å². The Labute approximate surface area is 151 Å². The molecule has 0 atom stereocenters. The van der Waals surface area contributed by atoms with Crippen LogP contribution in [0.3, 0.4) is 0 Å². The van der Waals surface area contributed by atoms with Crippen molar-refractivity contribution in [3.8, 4) is 0 Å². The molecule has 1 aromatic heterocycles. The van der Waals surface area contributed by atoms with Crippen LogP contribution in [0.15, 0.2) is 69.8 Å². The van der Waals surface area contributed by atoms with Gasteiger partial charge in [-0.2, -0.15) is 0 Å². The Morgan fingerprint density at radius 3 is 2.80 bits per heavy atom. The van der Waals surface area contributed by atoms with Crippen molar-refractivity contribution < 1.29 is 13.6 Å². The molecule has 5 heteroatoms. The van der Waals surface area contributed by atoms with Gasteiger partial charge in [0, 0.05) is 15.4 Å². The van der Waals surface area contributed by atoms with Crippen molar-refractivity contribution in [3.63, 3.8) is 0 Å². The zero-order valence-corrected chi connectivity index (χ0v) is 14.6. The molecule has 1 amide bonds. The molecular formula is C20H13BrFNO2. The van der Waals surface area contributed by atoms with E-state index in [1.807, 2.05) is 36.4 Å². The van der Waals surface area contributed by atoms with Crippen LogP contribution in [0.2, 0.25) is 0 Å². The third kappa shape index (κ3) is 3.03. The van der Waals surface area contributed by atoms with E-state index in [2.05, 4.69) is 21.2 Å². The first-order valence-electron chi connectivity index (χ1n) is 7.74. The standard InChI is InChI=1S/C20H13BrFNO2/c21-16-10-14(22)6-7-17(16)23-19(24)9-13-11-25-18-8-5-12-3-1-2-4-15(12)20(13)18/h1-8,10-11H,9H2,(H,23,24). The molecule has 4 rings (SSSR count). The number of hydrogen-bond donors (Lipinski definition) is 1. The van der Waals surface area contributed by atoms with E-state index in [0.29, 0.717) is 10.2 Å². The highest BCUT2D eigenvalue weighted by molar-refractivity contribution is 9.10. The van der Waals surface area contributed by atoms with Crippen LogP contribution in [0.1, 0.15) is 5.56 Å². The summed E-state index contributed by atoms with van der Waals surface area (Å²) in [5, 5.41) is 5.90. The van der Waals surface area contributed by atoms with E-state index in [1.165, 1.54) is 18.2 Å². The molecule has 1 heterocycles. The first-order valence-corrected chi connectivity index (χ1v) is 8.54. The summed E-state index contributed by atoms with van der Waals surface area (Å²) in [7, 11) is 0. The molecule has 0 aliphatic heterocycles. The van der Waals surface area contributed by atoms with Gasteiger partial charge in [0.25, 0.3) is 0 Å². The number of anilines is 1. The Bertz CT molecular complexity index is 1100. The van der Waals surface area contributed by atoms with Crippen LogP contribution in [0, 0.1) is 5.82 Å². The molecular weight excluding hydrogens is 385 g/mol. The predicted octanol–water partition coefficient (Wildman–Crippen LogP) is 5.67. The van der Waals surface area contributed by atoms with Crippen LogP contribution in [0.5, 0.6) is 0 Å². The number of amides is 1. The van der Waals surface area contributed by atoms with E-state index in [-0.39, 0.29) is 18.1 Å². The first kappa shape index (κ1) is 15.8. The fourth-order valence-corrected chi connectivity index (χ4v) is 3.41. The summed E-state index contributed by atoms with van der Waals surface area (Å²) in [6.07, 6.45) is 1.79. The fourth-order valence-electron chi connectivity index (χ4n) is 2.96. The van der Waals surface area contributed by atoms with Crippen LogP contribution in [0.25, 0.3) is 21.7 Å². The van der Waals surface area contributed by atoms with Crippen molar-refractivity contribution in [1.82, 2.24) is 0 Å². The zero-order valence-electron chi connectivity index (χ0n) is 13.1. The Morgan fingerprint density at radius 1 is 1.12 bits per heavy atom. The summed E-state index contributed by atoms with van der Waals surface area (Å²) in [5.41, 5.74) is 2.11. The van der Waals surface area contributed by atoms with Gasteiger partial charge in [0.05, 0.1) is 18.4 Å². The average Bonchev–Trinajstić information content (AvgIpc) is 3.01. The summed E-state index contributed by atoms with van der Waals surface area (Å²) in [6.45, 7) is 0. The minimum atomic E-state index is -0.364. The lowest BCUT2D eigenvalue weighted by molar-refractivity contribution is -0.115. The lowest BCUT2D eigenvalue weighted by atomic mass is 10.0. The molecule has 0 bridgehead atoms. The molecule has 0 spiro atoms. The molecule has 3 aromatic carbocycles. The maximum atomic E-state index is 13.2. The number of hydrogen-bond acceptors (Lipinski definition) is 2. The van der Waals surface area contributed by atoms with Crippen LogP contribution in [-0.2, 0) is 11.2 Å². The van der Waals surface area contributed by atoms with Crippen molar-refractivity contribution in [2.45, 2.75) is 6.42 Å². The lowest BCUT2D eigenvalue weighted by Gasteiger charge is -2.07. The van der Waals surface area contributed by atoms with Crippen molar-refractivity contribution in [1.29, 1.82) is 0 Å². The van der Waals surface area contributed by atoms with Gasteiger partial charge >= 0.3 is 0 Å². The molecule has 0 fully saturated rings. The van der Waals surface area contributed by atoms with Crippen molar-refractivity contribution in [2.24, 2.45) is 0 Å². The van der Waals surface area contributed by atoms with Crippen LogP contribution in [0.4, 0.5) is 10.1 Å². The minimum Gasteiger partial charge on any atom is -0.464 e. The maximum absolute atomic E-state index is 13.2. The van der Waals surface area contributed by atoms with Crippen LogP contribution >= 0.6 is 15.9 Å². The number of halogens is 2. The van der Waals surface area contributed by atoms with E-state index in [4.69, 9.17) is 4.42 Å². The van der Waals surface area contributed by atoms with Crippen LogP contribution in [-0.4, -0.2) is 5.91 Å². The number of nitrogens with one attached hydrogen (secondary N) is 1.